The number of nitrogens with one attached hydrogen (secondary N) is 1. The molecule has 1 aromatic rings. The molecule has 2 aliphatic rings. The SMILES string of the molecule is CC(C)CN1CCCC1c1ccc(N2CCNCC2)nc1. The Kier molecular flexibility index (Phi) is 4.76. The molecule has 0 saturated carbocycles. The number of hydrogen-bond donors (Lipinski definition) is 1. The van der Waals surface area contributed by atoms with Crippen molar-refractivity contribution in [1.29, 1.82) is 0 Å². The van der Waals surface area contributed by atoms with Crippen LogP contribution in [0.15, 0.2) is 18.3 Å². The standard InChI is InChI=1S/C17H28N4/c1-14(2)13-21-9-3-4-16(21)15-5-6-17(19-12-15)20-10-7-18-8-11-20/h5-6,12,14,16,18H,3-4,7-11,13H2,1-2H3. The van der Waals surface area contributed by atoms with Gasteiger partial charge in [-0.1, -0.05) is 19.9 Å². The average Bonchev–Trinajstić information content (AvgIpc) is 2.96. The Labute approximate surface area is 128 Å². The van der Waals surface area contributed by atoms with Crippen molar-refractivity contribution in [1.82, 2.24) is 15.2 Å². The van der Waals surface area contributed by atoms with Crippen molar-refractivity contribution in [3.05, 3.63) is 23.9 Å². The van der Waals surface area contributed by atoms with Gasteiger partial charge < -0.3 is 10.2 Å². The molecule has 21 heavy (non-hydrogen) atoms. The summed E-state index contributed by atoms with van der Waals surface area (Å²) in [6, 6.07) is 5.09. The van der Waals surface area contributed by atoms with Crippen LogP contribution < -0.4 is 10.2 Å². The monoisotopic (exact) mass is 288 g/mol. The minimum absolute atomic E-state index is 0.581. The van der Waals surface area contributed by atoms with E-state index in [0.717, 1.165) is 37.9 Å². The molecule has 4 heteroatoms. The summed E-state index contributed by atoms with van der Waals surface area (Å²) >= 11 is 0. The van der Waals surface area contributed by atoms with E-state index < -0.39 is 0 Å². The molecule has 1 unspecified atom stereocenters. The van der Waals surface area contributed by atoms with Crippen molar-refractivity contribution in [2.75, 3.05) is 44.2 Å². The summed E-state index contributed by atoms with van der Waals surface area (Å²) in [5.41, 5.74) is 1.40. The van der Waals surface area contributed by atoms with Gasteiger partial charge in [0.25, 0.3) is 0 Å². The minimum Gasteiger partial charge on any atom is -0.354 e. The van der Waals surface area contributed by atoms with Crippen LogP contribution in [0, 0.1) is 5.92 Å². The zero-order valence-corrected chi connectivity index (χ0v) is 13.4. The summed E-state index contributed by atoms with van der Waals surface area (Å²) in [6.07, 6.45) is 4.71. The highest BCUT2D eigenvalue weighted by molar-refractivity contribution is 5.40. The van der Waals surface area contributed by atoms with Gasteiger partial charge in [-0.05, 0) is 36.9 Å². The summed E-state index contributed by atoms with van der Waals surface area (Å²) in [5.74, 6) is 1.87. The van der Waals surface area contributed by atoms with Crippen molar-refractivity contribution < 1.29 is 0 Å². The first-order chi connectivity index (χ1) is 10.2. The van der Waals surface area contributed by atoms with Crippen LogP contribution in [0.5, 0.6) is 0 Å². The fourth-order valence-corrected chi connectivity index (χ4v) is 3.57. The number of likely N-dealkylation sites (tertiary alicyclic amines) is 1. The minimum atomic E-state index is 0.581. The molecular formula is C17H28N4. The van der Waals surface area contributed by atoms with E-state index in [2.05, 4.69) is 47.3 Å². The Bertz CT molecular complexity index is 437. The second-order valence-corrected chi connectivity index (χ2v) is 6.73. The van der Waals surface area contributed by atoms with Gasteiger partial charge in [-0.25, -0.2) is 4.98 Å². The maximum absolute atomic E-state index is 4.73. The number of hydrogen-bond acceptors (Lipinski definition) is 4. The number of rotatable bonds is 4. The number of nitrogens with zero attached hydrogens (tertiary/aromatic N) is 3. The van der Waals surface area contributed by atoms with Gasteiger partial charge in [0.2, 0.25) is 0 Å². The predicted molar refractivity (Wildman–Crippen MR) is 87.7 cm³/mol. The van der Waals surface area contributed by atoms with Crippen molar-refractivity contribution in [3.8, 4) is 0 Å². The van der Waals surface area contributed by atoms with Gasteiger partial charge in [-0.15, -0.1) is 0 Å². The molecule has 0 bridgehead atoms. The molecular weight excluding hydrogens is 260 g/mol. The maximum atomic E-state index is 4.73. The van der Waals surface area contributed by atoms with Crippen molar-refractivity contribution in [3.63, 3.8) is 0 Å². The third kappa shape index (κ3) is 3.55. The molecule has 0 aliphatic carbocycles. The van der Waals surface area contributed by atoms with E-state index >= 15 is 0 Å². The average molecular weight is 288 g/mol. The first kappa shape index (κ1) is 14.8. The summed E-state index contributed by atoms with van der Waals surface area (Å²) in [7, 11) is 0. The summed E-state index contributed by atoms with van der Waals surface area (Å²) in [6.45, 7) is 11.3. The van der Waals surface area contributed by atoms with Gasteiger partial charge in [0.15, 0.2) is 0 Å². The number of pyridine rings is 1. The molecule has 1 N–H and O–H groups in total. The normalized spacial score (nSPS) is 24.0. The smallest absolute Gasteiger partial charge is 0.128 e. The van der Waals surface area contributed by atoms with Crippen LogP contribution in [0.3, 0.4) is 0 Å². The lowest BCUT2D eigenvalue weighted by Crippen LogP contribution is -2.43. The fourth-order valence-electron chi connectivity index (χ4n) is 3.57. The second-order valence-electron chi connectivity index (χ2n) is 6.73. The van der Waals surface area contributed by atoms with E-state index in [0.29, 0.717) is 6.04 Å². The Hall–Kier alpha value is -1.13. The number of anilines is 1. The highest BCUT2D eigenvalue weighted by Gasteiger charge is 2.26. The molecule has 116 valence electrons. The van der Waals surface area contributed by atoms with Gasteiger partial charge in [0.05, 0.1) is 0 Å². The summed E-state index contributed by atoms with van der Waals surface area (Å²) in [5, 5.41) is 3.39. The van der Waals surface area contributed by atoms with Crippen LogP contribution in [-0.2, 0) is 0 Å². The molecule has 2 saturated heterocycles. The zero-order valence-electron chi connectivity index (χ0n) is 13.4. The van der Waals surface area contributed by atoms with Gasteiger partial charge >= 0.3 is 0 Å². The van der Waals surface area contributed by atoms with E-state index in [9.17, 15) is 0 Å². The molecule has 3 rings (SSSR count). The lowest BCUT2D eigenvalue weighted by Gasteiger charge is -2.29. The molecule has 0 amide bonds. The van der Waals surface area contributed by atoms with Crippen LogP contribution in [0.2, 0.25) is 0 Å². The van der Waals surface area contributed by atoms with Crippen LogP contribution >= 0.6 is 0 Å². The quantitative estimate of drug-likeness (QED) is 0.921. The third-order valence-electron chi connectivity index (χ3n) is 4.56. The van der Waals surface area contributed by atoms with Gasteiger partial charge in [0.1, 0.15) is 5.82 Å². The number of piperazine rings is 1. The predicted octanol–water partition coefficient (Wildman–Crippen LogP) is 2.28. The van der Waals surface area contributed by atoms with Crippen molar-refractivity contribution in [2.24, 2.45) is 5.92 Å². The van der Waals surface area contributed by atoms with Crippen LogP contribution in [0.25, 0.3) is 0 Å². The third-order valence-corrected chi connectivity index (χ3v) is 4.56. The first-order valence-electron chi connectivity index (χ1n) is 8.39. The fraction of sp³-hybridized carbons (Fsp3) is 0.706. The Morgan fingerprint density at radius 3 is 2.71 bits per heavy atom. The highest BCUT2D eigenvalue weighted by Crippen LogP contribution is 2.32. The van der Waals surface area contributed by atoms with E-state index in [-0.39, 0.29) is 0 Å². The number of aromatic nitrogens is 1. The second kappa shape index (κ2) is 6.75. The summed E-state index contributed by atoms with van der Waals surface area (Å²) in [4.78, 5) is 9.74. The van der Waals surface area contributed by atoms with Crippen LogP contribution in [0.4, 0.5) is 5.82 Å². The zero-order chi connectivity index (χ0) is 14.7. The van der Waals surface area contributed by atoms with Gasteiger partial charge in [-0.3, -0.25) is 4.90 Å². The molecule has 0 radical (unpaired) electrons. The maximum Gasteiger partial charge on any atom is 0.128 e. The van der Waals surface area contributed by atoms with Gasteiger partial charge in [-0.2, -0.15) is 0 Å². The van der Waals surface area contributed by atoms with E-state index in [4.69, 9.17) is 4.98 Å². The molecule has 1 atom stereocenters. The van der Waals surface area contributed by atoms with E-state index in [1.807, 2.05) is 0 Å². The molecule has 0 aromatic carbocycles. The Morgan fingerprint density at radius 2 is 2.05 bits per heavy atom. The molecule has 0 spiro atoms. The molecule has 3 heterocycles. The van der Waals surface area contributed by atoms with E-state index in [1.165, 1.54) is 31.5 Å². The largest absolute Gasteiger partial charge is 0.354 e. The lowest BCUT2D eigenvalue weighted by atomic mass is 10.1. The molecule has 2 fully saturated rings. The van der Waals surface area contributed by atoms with Crippen molar-refractivity contribution in [2.45, 2.75) is 32.7 Å². The highest BCUT2D eigenvalue weighted by atomic mass is 15.2. The molecule has 1 aromatic heterocycles. The Balaban J connectivity index is 1.68. The topological polar surface area (TPSA) is 31.4 Å². The molecule has 4 nitrogen and oxygen atoms in total. The van der Waals surface area contributed by atoms with E-state index in [1.54, 1.807) is 0 Å². The Morgan fingerprint density at radius 1 is 1.24 bits per heavy atom. The van der Waals surface area contributed by atoms with Crippen molar-refractivity contribution >= 4 is 5.82 Å². The molecule has 2 aliphatic heterocycles. The van der Waals surface area contributed by atoms with Crippen LogP contribution in [0.1, 0.15) is 38.3 Å². The lowest BCUT2D eigenvalue weighted by molar-refractivity contribution is 0.228. The van der Waals surface area contributed by atoms with Crippen LogP contribution in [-0.4, -0.2) is 49.2 Å². The van der Waals surface area contributed by atoms with Gasteiger partial charge in [0, 0.05) is 45.0 Å². The summed E-state index contributed by atoms with van der Waals surface area (Å²) < 4.78 is 0. The first-order valence-corrected chi connectivity index (χ1v) is 8.39.